The number of carboxylic acids is 1. The van der Waals surface area contributed by atoms with Crippen LogP contribution in [-0.4, -0.2) is 53.7 Å². The van der Waals surface area contributed by atoms with Crippen LogP contribution in [0.5, 0.6) is 5.75 Å². The Labute approximate surface area is 153 Å². The van der Waals surface area contributed by atoms with E-state index in [4.69, 9.17) is 9.84 Å². The summed E-state index contributed by atoms with van der Waals surface area (Å²) in [7, 11) is 0. The Hall–Kier alpha value is -2.08. The fraction of sp³-hybridized carbons (Fsp3) is 0.600. The zero-order valence-electron chi connectivity index (χ0n) is 15.1. The molecule has 1 aromatic carbocycles. The number of fused-ring (bicyclic) bond motifs is 2. The lowest BCUT2D eigenvalue weighted by molar-refractivity contribution is -0.140. The summed E-state index contributed by atoms with van der Waals surface area (Å²) in [4.78, 5) is 25.6. The number of carboxylic acid groups (broad SMARTS) is 1. The third kappa shape index (κ3) is 2.96. The van der Waals surface area contributed by atoms with Crippen molar-refractivity contribution in [2.24, 2.45) is 5.92 Å². The number of carbonyl (C=O) groups excluding carboxylic acids is 1. The number of likely N-dealkylation sites (N-methyl/N-ethyl adjacent to an activating group) is 1. The Morgan fingerprint density at radius 3 is 2.85 bits per heavy atom. The van der Waals surface area contributed by atoms with Gasteiger partial charge in [0.05, 0.1) is 13.2 Å². The number of ether oxygens (including phenoxy) is 1. The molecule has 3 aliphatic rings. The topological polar surface area (TPSA) is 78.9 Å². The number of carbonyl (C=O) groups is 2. The van der Waals surface area contributed by atoms with Gasteiger partial charge >= 0.3 is 5.97 Å². The van der Waals surface area contributed by atoms with Crippen LogP contribution in [0.25, 0.3) is 0 Å². The van der Waals surface area contributed by atoms with Crippen molar-refractivity contribution in [3.8, 4) is 5.75 Å². The SMILES string of the molecule is CCN(CC(=O)O)C1CC(NC(=O)C2CC23CCOc2ccccc23)C1. The molecule has 2 unspecified atom stereocenters. The van der Waals surface area contributed by atoms with Crippen molar-refractivity contribution >= 4 is 11.9 Å². The molecule has 0 radical (unpaired) electrons. The maximum Gasteiger partial charge on any atom is 0.317 e. The number of hydrogen-bond acceptors (Lipinski definition) is 4. The first kappa shape index (κ1) is 17.3. The third-order valence-electron chi connectivity index (χ3n) is 6.34. The number of para-hydroxylation sites is 1. The number of benzene rings is 1. The Morgan fingerprint density at radius 2 is 2.12 bits per heavy atom. The van der Waals surface area contributed by atoms with Crippen LogP contribution >= 0.6 is 0 Å². The van der Waals surface area contributed by atoms with Crippen LogP contribution in [-0.2, 0) is 15.0 Å². The summed E-state index contributed by atoms with van der Waals surface area (Å²) in [5, 5.41) is 12.2. The molecule has 2 fully saturated rings. The van der Waals surface area contributed by atoms with Gasteiger partial charge in [0, 0.05) is 29.0 Å². The average Bonchev–Trinajstić information content (AvgIpc) is 3.31. The Kier molecular flexibility index (Phi) is 4.39. The first-order valence-corrected chi connectivity index (χ1v) is 9.52. The quantitative estimate of drug-likeness (QED) is 0.810. The molecule has 4 rings (SSSR count). The van der Waals surface area contributed by atoms with E-state index in [0.29, 0.717) is 6.61 Å². The van der Waals surface area contributed by atoms with Crippen molar-refractivity contribution in [3.05, 3.63) is 29.8 Å². The predicted molar refractivity (Wildman–Crippen MR) is 96.2 cm³/mol. The van der Waals surface area contributed by atoms with Crippen LogP contribution in [0, 0.1) is 5.92 Å². The van der Waals surface area contributed by atoms with Crippen molar-refractivity contribution in [3.63, 3.8) is 0 Å². The number of aliphatic carboxylic acids is 1. The van der Waals surface area contributed by atoms with Gasteiger partial charge in [0.25, 0.3) is 0 Å². The zero-order valence-corrected chi connectivity index (χ0v) is 15.1. The van der Waals surface area contributed by atoms with Gasteiger partial charge in [0.15, 0.2) is 0 Å². The normalized spacial score (nSPS) is 31.7. The molecule has 0 saturated heterocycles. The van der Waals surface area contributed by atoms with Crippen LogP contribution < -0.4 is 10.1 Å². The Bertz CT molecular complexity index is 716. The first-order chi connectivity index (χ1) is 12.5. The molecule has 1 aromatic rings. The van der Waals surface area contributed by atoms with Gasteiger partial charge < -0.3 is 15.2 Å². The van der Waals surface area contributed by atoms with E-state index in [1.165, 1.54) is 5.56 Å². The molecule has 140 valence electrons. The molecule has 2 saturated carbocycles. The lowest BCUT2D eigenvalue weighted by atomic mass is 9.84. The smallest absolute Gasteiger partial charge is 0.317 e. The second kappa shape index (κ2) is 6.58. The molecule has 2 atom stereocenters. The van der Waals surface area contributed by atoms with Gasteiger partial charge in [0.1, 0.15) is 5.75 Å². The van der Waals surface area contributed by atoms with E-state index in [0.717, 1.165) is 38.0 Å². The highest BCUT2D eigenvalue weighted by atomic mass is 16.5. The van der Waals surface area contributed by atoms with Crippen LogP contribution in [0.2, 0.25) is 0 Å². The summed E-state index contributed by atoms with van der Waals surface area (Å²) in [6, 6.07) is 8.50. The molecular weight excluding hydrogens is 332 g/mol. The van der Waals surface area contributed by atoms with E-state index < -0.39 is 5.97 Å². The fourth-order valence-corrected chi connectivity index (χ4v) is 4.68. The summed E-state index contributed by atoms with van der Waals surface area (Å²) in [6.07, 6.45) is 3.48. The van der Waals surface area contributed by atoms with Gasteiger partial charge in [-0.1, -0.05) is 25.1 Å². The fourth-order valence-electron chi connectivity index (χ4n) is 4.68. The van der Waals surface area contributed by atoms with Gasteiger partial charge in [-0.2, -0.15) is 0 Å². The molecular formula is C20H26N2O4. The van der Waals surface area contributed by atoms with Crippen LogP contribution in [0.4, 0.5) is 0 Å². The second-order valence-corrected chi connectivity index (χ2v) is 7.80. The van der Waals surface area contributed by atoms with Crippen LogP contribution in [0.3, 0.4) is 0 Å². The van der Waals surface area contributed by atoms with E-state index in [1.54, 1.807) is 0 Å². The minimum Gasteiger partial charge on any atom is -0.493 e. The van der Waals surface area contributed by atoms with Crippen molar-refractivity contribution in [1.29, 1.82) is 0 Å². The number of rotatable bonds is 6. The molecule has 26 heavy (non-hydrogen) atoms. The number of amides is 1. The minimum atomic E-state index is -0.794. The van der Waals surface area contributed by atoms with E-state index in [2.05, 4.69) is 11.4 Å². The maximum absolute atomic E-state index is 12.8. The summed E-state index contributed by atoms with van der Waals surface area (Å²) >= 11 is 0. The van der Waals surface area contributed by atoms with E-state index in [1.807, 2.05) is 30.0 Å². The lowest BCUT2D eigenvalue weighted by Crippen LogP contribution is -2.55. The highest BCUT2D eigenvalue weighted by Crippen LogP contribution is 2.60. The third-order valence-corrected chi connectivity index (χ3v) is 6.34. The maximum atomic E-state index is 12.8. The molecule has 1 aliphatic heterocycles. The molecule has 1 amide bonds. The molecule has 1 spiro atoms. The van der Waals surface area contributed by atoms with Crippen molar-refractivity contribution in [2.45, 2.75) is 50.1 Å². The van der Waals surface area contributed by atoms with Gasteiger partial charge in [-0.25, -0.2) is 0 Å². The van der Waals surface area contributed by atoms with Crippen molar-refractivity contribution < 1.29 is 19.4 Å². The summed E-state index contributed by atoms with van der Waals surface area (Å²) in [6.45, 7) is 3.45. The minimum absolute atomic E-state index is 0.0351. The molecule has 1 heterocycles. The van der Waals surface area contributed by atoms with Gasteiger partial charge in [-0.3, -0.25) is 14.5 Å². The molecule has 0 aromatic heterocycles. The summed E-state index contributed by atoms with van der Waals surface area (Å²) in [5.41, 5.74) is 1.14. The van der Waals surface area contributed by atoms with Crippen LogP contribution in [0.15, 0.2) is 24.3 Å². The van der Waals surface area contributed by atoms with E-state index in [-0.39, 0.29) is 35.9 Å². The van der Waals surface area contributed by atoms with Gasteiger partial charge in [0.2, 0.25) is 5.91 Å². The molecule has 2 aliphatic carbocycles. The highest BCUT2D eigenvalue weighted by Gasteiger charge is 2.61. The molecule has 2 N–H and O–H groups in total. The highest BCUT2D eigenvalue weighted by molar-refractivity contribution is 5.85. The predicted octanol–water partition coefficient (Wildman–Crippen LogP) is 1.78. The molecule has 6 nitrogen and oxygen atoms in total. The number of hydrogen-bond donors (Lipinski definition) is 2. The van der Waals surface area contributed by atoms with Gasteiger partial charge in [-0.05, 0) is 38.3 Å². The number of nitrogens with zero attached hydrogens (tertiary/aromatic N) is 1. The van der Waals surface area contributed by atoms with Crippen LogP contribution in [0.1, 0.15) is 38.2 Å². The Morgan fingerprint density at radius 1 is 1.35 bits per heavy atom. The Balaban J connectivity index is 1.32. The van der Waals surface area contributed by atoms with E-state index >= 15 is 0 Å². The largest absolute Gasteiger partial charge is 0.493 e. The number of nitrogens with one attached hydrogen (secondary N) is 1. The summed E-state index contributed by atoms with van der Waals surface area (Å²) in [5.74, 6) is 0.307. The molecule has 0 bridgehead atoms. The van der Waals surface area contributed by atoms with E-state index in [9.17, 15) is 9.59 Å². The van der Waals surface area contributed by atoms with Crippen molar-refractivity contribution in [2.75, 3.05) is 19.7 Å². The average molecular weight is 358 g/mol. The molecule has 6 heteroatoms. The first-order valence-electron chi connectivity index (χ1n) is 9.52. The monoisotopic (exact) mass is 358 g/mol. The lowest BCUT2D eigenvalue weighted by Gasteiger charge is -2.42. The van der Waals surface area contributed by atoms with Gasteiger partial charge in [-0.15, -0.1) is 0 Å². The second-order valence-electron chi connectivity index (χ2n) is 7.80. The zero-order chi connectivity index (χ0) is 18.3. The summed E-state index contributed by atoms with van der Waals surface area (Å²) < 4.78 is 5.74. The standard InChI is InChI=1S/C20H26N2O4/c1-2-22(12-18(23)24)14-9-13(10-14)21-19(25)16-11-20(16)7-8-26-17-6-4-3-5-15(17)20/h3-6,13-14,16H,2,7-12H2,1H3,(H,21,25)(H,23,24). The van der Waals surface area contributed by atoms with Crippen molar-refractivity contribution in [1.82, 2.24) is 10.2 Å².